The van der Waals surface area contributed by atoms with Gasteiger partial charge in [0.15, 0.2) is 11.5 Å². The first-order valence-electron chi connectivity index (χ1n) is 7.27. The van der Waals surface area contributed by atoms with Crippen LogP contribution >= 0.6 is 0 Å². The van der Waals surface area contributed by atoms with Gasteiger partial charge in [-0.3, -0.25) is 4.79 Å². The molecular weight excluding hydrogens is 324 g/mol. The molecule has 0 aliphatic heterocycles. The lowest BCUT2D eigenvalue weighted by molar-refractivity contribution is 0.105. The molecule has 6 heteroatoms. The van der Waals surface area contributed by atoms with Crippen LogP contribution in [0.4, 0.5) is 0 Å². The Hall–Kier alpha value is -3.33. The lowest BCUT2D eigenvalue weighted by Gasteiger charge is -2.12. The van der Waals surface area contributed by atoms with Crippen molar-refractivity contribution < 1.29 is 28.8 Å². The van der Waals surface area contributed by atoms with Gasteiger partial charge in [0, 0.05) is 11.6 Å². The Morgan fingerprint density at radius 3 is 2.04 bits per heavy atom. The molecule has 0 heterocycles. The van der Waals surface area contributed by atoms with E-state index in [0.29, 0.717) is 28.6 Å². The maximum absolute atomic E-state index is 12.2. The van der Waals surface area contributed by atoms with Gasteiger partial charge in [-0.2, -0.15) is 0 Å². The molecule has 0 aliphatic carbocycles. The number of rotatable bonds is 5. The molecule has 25 heavy (non-hydrogen) atoms. The lowest BCUT2D eigenvalue weighted by atomic mass is 10.1. The molecule has 0 atom stereocenters. The highest BCUT2D eigenvalue weighted by molar-refractivity contribution is 6.11. The van der Waals surface area contributed by atoms with Crippen LogP contribution in [0.5, 0.6) is 28.7 Å². The molecule has 2 aromatic rings. The number of phenols is 1. The first kappa shape index (κ1) is 18.0. The van der Waals surface area contributed by atoms with Crippen LogP contribution in [-0.4, -0.2) is 39.3 Å². The van der Waals surface area contributed by atoms with Crippen LogP contribution in [0.25, 0.3) is 0 Å². The molecule has 0 fully saturated rings. The predicted octanol–water partition coefficient (Wildman–Crippen LogP) is 2.66. The van der Waals surface area contributed by atoms with E-state index in [9.17, 15) is 9.90 Å². The normalized spacial score (nSPS) is 9.60. The molecule has 0 unspecified atom stereocenters. The Morgan fingerprint density at radius 2 is 1.56 bits per heavy atom. The van der Waals surface area contributed by atoms with Gasteiger partial charge in [0.2, 0.25) is 11.5 Å². The van der Waals surface area contributed by atoms with Crippen LogP contribution in [0.3, 0.4) is 0 Å². The smallest absolute Gasteiger partial charge is 0.239 e. The zero-order valence-electron chi connectivity index (χ0n) is 14.4. The number of phenolic OH excluding ortho intramolecular Hbond substituents is 1. The van der Waals surface area contributed by atoms with Crippen molar-refractivity contribution in [1.29, 1.82) is 0 Å². The summed E-state index contributed by atoms with van der Waals surface area (Å²) in [6.07, 6.45) is 0. The molecule has 1 N–H and O–H groups in total. The highest BCUT2D eigenvalue weighted by Crippen LogP contribution is 2.37. The van der Waals surface area contributed by atoms with Gasteiger partial charge in [0.05, 0.1) is 34.0 Å². The minimum absolute atomic E-state index is 0.0979. The van der Waals surface area contributed by atoms with Gasteiger partial charge in [-0.15, -0.1) is 0 Å². The van der Waals surface area contributed by atoms with Crippen LogP contribution in [0.1, 0.15) is 15.9 Å². The van der Waals surface area contributed by atoms with Crippen LogP contribution in [0.15, 0.2) is 30.3 Å². The molecule has 0 spiro atoms. The Morgan fingerprint density at radius 1 is 0.920 bits per heavy atom. The maximum atomic E-state index is 12.2. The third-order valence-corrected chi connectivity index (χ3v) is 3.43. The summed E-state index contributed by atoms with van der Waals surface area (Å²) in [5.41, 5.74) is 0.608. The largest absolute Gasteiger partial charge is 0.507 e. The Kier molecular flexibility index (Phi) is 5.75. The molecule has 0 saturated carbocycles. The monoisotopic (exact) mass is 342 g/mol. The topological polar surface area (TPSA) is 74.2 Å². The van der Waals surface area contributed by atoms with Crippen LogP contribution in [0.2, 0.25) is 0 Å². The molecule has 0 bridgehead atoms. The average Bonchev–Trinajstić information content (AvgIpc) is 2.64. The van der Waals surface area contributed by atoms with E-state index in [1.807, 2.05) is 0 Å². The number of hydrogen-bond acceptors (Lipinski definition) is 6. The maximum Gasteiger partial charge on any atom is 0.239 e. The molecule has 130 valence electrons. The molecule has 0 amide bonds. The van der Waals surface area contributed by atoms with Crippen molar-refractivity contribution in [3.63, 3.8) is 0 Å². The second kappa shape index (κ2) is 7.97. The standard InChI is InChI=1S/C19H18O6/c1-22-13-6-7-14(16(21)11-13)15(20)8-5-12-9-17(23-2)19(25-4)18(10-12)24-3/h6-7,9-11,21H,1-4H3. The molecule has 0 saturated heterocycles. The van der Waals surface area contributed by atoms with Gasteiger partial charge in [0.1, 0.15) is 11.5 Å². The van der Waals surface area contributed by atoms with Crippen molar-refractivity contribution in [1.82, 2.24) is 0 Å². The number of ether oxygens (including phenoxy) is 4. The molecule has 6 nitrogen and oxygen atoms in total. The third-order valence-electron chi connectivity index (χ3n) is 3.43. The summed E-state index contributed by atoms with van der Waals surface area (Å²) in [5.74, 6) is 6.29. The molecule has 2 aromatic carbocycles. The van der Waals surface area contributed by atoms with Gasteiger partial charge >= 0.3 is 0 Å². The SMILES string of the molecule is COc1ccc(C(=O)C#Cc2cc(OC)c(OC)c(OC)c2)c(O)c1. The number of carbonyl (C=O) groups excluding carboxylic acids is 1. The van der Waals surface area contributed by atoms with E-state index in [1.165, 1.54) is 40.6 Å². The Labute approximate surface area is 145 Å². The minimum Gasteiger partial charge on any atom is -0.507 e. The van der Waals surface area contributed by atoms with Gasteiger partial charge in [-0.05, 0) is 30.2 Å². The van der Waals surface area contributed by atoms with Crippen LogP contribution in [0, 0.1) is 11.8 Å². The van der Waals surface area contributed by atoms with E-state index in [-0.39, 0.29) is 11.3 Å². The summed E-state index contributed by atoms with van der Waals surface area (Å²) >= 11 is 0. The van der Waals surface area contributed by atoms with E-state index in [4.69, 9.17) is 18.9 Å². The van der Waals surface area contributed by atoms with Crippen molar-refractivity contribution in [2.45, 2.75) is 0 Å². The van der Waals surface area contributed by atoms with E-state index in [1.54, 1.807) is 18.2 Å². The van der Waals surface area contributed by atoms with Crippen molar-refractivity contribution >= 4 is 5.78 Å². The van der Waals surface area contributed by atoms with E-state index < -0.39 is 5.78 Å². The van der Waals surface area contributed by atoms with E-state index in [0.717, 1.165) is 0 Å². The van der Waals surface area contributed by atoms with Gasteiger partial charge in [-0.25, -0.2) is 0 Å². The number of ketones is 1. The summed E-state index contributed by atoms with van der Waals surface area (Å²) in [6, 6.07) is 7.66. The van der Waals surface area contributed by atoms with Gasteiger partial charge in [-0.1, -0.05) is 5.92 Å². The summed E-state index contributed by atoms with van der Waals surface area (Å²) in [7, 11) is 5.96. The number of aromatic hydroxyl groups is 1. The highest BCUT2D eigenvalue weighted by Gasteiger charge is 2.13. The first-order valence-corrected chi connectivity index (χ1v) is 7.27. The molecule has 0 aliphatic rings. The molecule has 0 aromatic heterocycles. The quantitative estimate of drug-likeness (QED) is 0.665. The van der Waals surface area contributed by atoms with E-state index >= 15 is 0 Å². The third kappa shape index (κ3) is 3.96. The fourth-order valence-corrected chi connectivity index (χ4v) is 2.18. The zero-order chi connectivity index (χ0) is 18.4. The molecule has 2 rings (SSSR count). The summed E-state index contributed by atoms with van der Waals surface area (Å²) in [4.78, 5) is 12.2. The summed E-state index contributed by atoms with van der Waals surface area (Å²) < 4.78 is 20.7. The Bertz CT molecular complexity index is 820. The summed E-state index contributed by atoms with van der Waals surface area (Å²) in [5, 5.41) is 9.90. The number of hydrogen-bond donors (Lipinski definition) is 1. The van der Waals surface area contributed by atoms with E-state index in [2.05, 4.69) is 11.8 Å². The van der Waals surface area contributed by atoms with Crippen LogP contribution < -0.4 is 18.9 Å². The second-order valence-electron chi connectivity index (χ2n) is 4.88. The van der Waals surface area contributed by atoms with Gasteiger partial charge < -0.3 is 24.1 Å². The number of benzene rings is 2. The number of carbonyl (C=O) groups is 1. The fraction of sp³-hybridized carbons (Fsp3) is 0.211. The first-order chi connectivity index (χ1) is 12.0. The number of methoxy groups -OCH3 is 4. The lowest BCUT2D eigenvalue weighted by Crippen LogP contribution is -1.97. The minimum atomic E-state index is -0.520. The van der Waals surface area contributed by atoms with Crippen molar-refractivity contribution in [2.75, 3.05) is 28.4 Å². The molecule has 0 radical (unpaired) electrons. The van der Waals surface area contributed by atoms with Crippen molar-refractivity contribution in [3.05, 3.63) is 41.5 Å². The zero-order valence-corrected chi connectivity index (χ0v) is 14.4. The summed E-state index contributed by atoms with van der Waals surface area (Å²) in [6.45, 7) is 0. The van der Waals surface area contributed by atoms with Crippen molar-refractivity contribution in [2.24, 2.45) is 0 Å². The Balaban J connectivity index is 2.36. The molecular formula is C19H18O6. The highest BCUT2D eigenvalue weighted by atomic mass is 16.5. The number of Topliss-reactive ketones (excluding diaryl/α,β-unsaturated/α-hetero) is 1. The van der Waals surface area contributed by atoms with Crippen LogP contribution in [-0.2, 0) is 0 Å². The average molecular weight is 342 g/mol. The predicted molar refractivity (Wildman–Crippen MR) is 92.0 cm³/mol. The second-order valence-corrected chi connectivity index (χ2v) is 4.88. The fourth-order valence-electron chi connectivity index (χ4n) is 2.18. The van der Waals surface area contributed by atoms with Gasteiger partial charge in [0.25, 0.3) is 0 Å². The van der Waals surface area contributed by atoms with Crippen molar-refractivity contribution in [3.8, 4) is 40.6 Å².